The molecule has 1 atom stereocenters. The number of nitrogens with one attached hydrogen (secondary N) is 2. The Morgan fingerprint density at radius 1 is 0.967 bits per heavy atom. The van der Waals surface area contributed by atoms with Crippen LogP contribution in [0.25, 0.3) is 0 Å². The van der Waals surface area contributed by atoms with Crippen molar-refractivity contribution < 1.29 is 17.6 Å². The summed E-state index contributed by atoms with van der Waals surface area (Å²) in [6.07, 6.45) is 0. The van der Waals surface area contributed by atoms with Crippen LogP contribution in [-0.4, -0.2) is 14.3 Å². The normalized spacial score (nSPS) is 12.3. The number of carbonyl (C=O) groups is 1. The molecule has 3 aromatic carbocycles. The molecule has 0 radical (unpaired) electrons. The zero-order chi connectivity index (χ0) is 21.9. The van der Waals surface area contributed by atoms with Crippen molar-refractivity contribution in [1.29, 1.82) is 0 Å². The van der Waals surface area contributed by atoms with Crippen LogP contribution in [0, 0.1) is 19.7 Å². The molecule has 0 bridgehead atoms. The van der Waals surface area contributed by atoms with Gasteiger partial charge in [-0.05, 0) is 73.9 Å². The molecule has 0 saturated heterocycles. The van der Waals surface area contributed by atoms with E-state index in [9.17, 15) is 17.6 Å². The Hall–Kier alpha value is -3.19. The molecule has 3 rings (SSSR count). The van der Waals surface area contributed by atoms with E-state index in [-0.39, 0.29) is 22.3 Å². The molecule has 0 aromatic heterocycles. The van der Waals surface area contributed by atoms with Gasteiger partial charge in [0.05, 0.1) is 10.9 Å². The molecule has 7 heteroatoms. The number of aryl methyl sites for hydroxylation is 2. The second-order valence-corrected chi connectivity index (χ2v) is 8.85. The molecule has 0 saturated carbocycles. The van der Waals surface area contributed by atoms with E-state index >= 15 is 0 Å². The molecule has 0 spiro atoms. The van der Waals surface area contributed by atoms with Crippen LogP contribution in [0.4, 0.5) is 10.1 Å². The molecule has 0 aliphatic rings. The maximum Gasteiger partial charge on any atom is 0.262 e. The summed E-state index contributed by atoms with van der Waals surface area (Å²) >= 11 is 0. The Balaban J connectivity index is 1.83. The van der Waals surface area contributed by atoms with E-state index in [1.165, 1.54) is 18.2 Å². The van der Waals surface area contributed by atoms with Gasteiger partial charge in [-0.2, -0.15) is 0 Å². The third-order valence-corrected chi connectivity index (χ3v) is 6.25. The van der Waals surface area contributed by atoms with E-state index in [2.05, 4.69) is 10.0 Å². The summed E-state index contributed by atoms with van der Waals surface area (Å²) in [6, 6.07) is 17.0. The van der Waals surface area contributed by atoms with Gasteiger partial charge in [0.1, 0.15) is 5.82 Å². The zero-order valence-corrected chi connectivity index (χ0v) is 17.8. The van der Waals surface area contributed by atoms with E-state index < -0.39 is 15.9 Å². The predicted octanol–water partition coefficient (Wildman–Crippen LogP) is 4.73. The van der Waals surface area contributed by atoms with Crippen LogP contribution in [0.2, 0.25) is 0 Å². The van der Waals surface area contributed by atoms with Gasteiger partial charge < -0.3 is 5.32 Å². The van der Waals surface area contributed by atoms with E-state index in [0.717, 1.165) is 11.1 Å². The molecular weight excluding hydrogens is 403 g/mol. The van der Waals surface area contributed by atoms with Crippen molar-refractivity contribution >= 4 is 21.6 Å². The van der Waals surface area contributed by atoms with E-state index in [1.54, 1.807) is 56.3 Å². The lowest BCUT2D eigenvalue weighted by molar-refractivity contribution is 0.0939. The minimum Gasteiger partial charge on any atom is -0.346 e. The van der Waals surface area contributed by atoms with E-state index in [1.807, 2.05) is 13.0 Å². The quantitative estimate of drug-likeness (QED) is 0.598. The van der Waals surface area contributed by atoms with Crippen LogP contribution in [0.15, 0.2) is 71.6 Å². The number of benzene rings is 3. The van der Waals surface area contributed by atoms with Crippen LogP contribution in [0.3, 0.4) is 0 Å². The highest BCUT2D eigenvalue weighted by Crippen LogP contribution is 2.22. The number of halogens is 1. The number of sulfonamides is 1. The number of hydrogen-bond acceptors (Lipinski definition) is 3. The first-order chi connectivity index (χ1) is 14.2. The SMILES string of the molecule is Cc1cccc(NS(=O)(=O)c2cc(C(=O)N[C@@H](C)c3ccc(F)cc3)ccc2C)c1. The number of rotatable bonds is 6. The van der Waals surface area contributed by atoms with Crippen molar-refractivity contribution in [1.82, 2.24) is 5.32 Å². The Labute approximate surface area is 176 Å². The Morgan fingerprint density at radius 3 is 2.33 bits per heavy atom. The lowest BCUT2D eigenvalue weighted by atomic mass is 10.1. The number of hydrogen-bond donors (Lipinski definition) is 2. The van der Waals surface area contributed by atoms with Gasteiger partial charge in [-0.25, -0.2) is 12.8 Å². The lowest BCUT2D eigenvalue weighted by Crippen LogP contribution is -2.27. The van der Waals surface area contributed by atoms with Crippen molar-refractivity contribution in [2.75, 3.05) is 4.72 Å². The second kappa shape index (κ2) is 8.67. The van der Waals surface area contributed by atoms with Crippen LogP contribution in [-0.2, 0) is 10.0 Å². The maximum atomic E-state index is 13.1. The first-order valence-corrected chi connectivity index (χ1v) is 10.9. The van der Waals surface area contributed by atoms with Gasteiger partial charge in [0, 0.05) is 11.3 Å². The molecule has 0 unspecified atom stereocenters. The van der Waals surface area contributed by atoms with Crippen LogP contribution < -0.4 is 10.0 Å². The van der Waals surface area contributed by atoms with E-state index in [0.29, 0.717) is 11.3 Å². The maximum absolute atomic E-state index is 13.1. The number of amides is 1. The largest absolute Gasteiger partial charge is 0.346 e. The average Bonchev–Trinajstić information content (AvgIpc) is 2.68. The summed E-state index contributed by atoms with van der Waals surface area (Å²) < 4.78 is 41.5. The van der Waals surface area contributed by atoms with Crippen molar-refractivity contribution in [2.45, 2.75) is 31.7 Å². The molecule has 0 fully saturated rings. The monoisotopic (exact) mass is 426 g/mol. The molecule has 0 aliphatic carbocycles. The summed E-state index contributed by atoms with van der Waals surface area (Å²) in [4.78, 5) is 12.7. The van der Waals surface area contributed by atoms with Gasteiger partial charge in [0.25, 0.3) is 15.9 Å². The average molecular weight is 427 g/mol. The highest BCUT2D eigenvalue weighted by molar-refractivity contribution is 7.92. The number of carbonyl (C=O) groups excluding carboxylic acids is 1. The smallest absolute Gasteiger partial charge is 0.262 e. The minimum atomic E-state index is -3.87. The molecule has 2 N–H and O–H groups in total. The Kier molecular flexibility index (Phi) is 6.22. The van der Waals surface area contributed by atoms with Crippen molar-refractivity contribution in [3.05, 3.63) is 94.8 Å². The molecule has 5 nitrogen and oxygen atoms in total. The fourth-order valence-corrected chi connectivity index (χ4v) is 4.39. The summed E-state index contributed by atoms with van der Waals surface area (Å²) in [7, 11) is -3.87. The topological polar surface area (TPSA) is 75.3 Å². The number of anilines is 1. The fraction of sp³-hybridized carbons (Fsp3) is 0.174. The molecule has 0 heterocycles. The summed E-state index contributed by atoms with van der Waals surface area (Å²) in [6.45, 7) is 5.32. The summed E-state index contributed by atoms with van der Waals surface area (Å²) in [5.41, 5.74) is 2.87. The first kappa shape index (κ1) is 21.5. The van der Waals surface area contributed by atoms with Gasteiger partial charge in [0.15, 0.2) is 0 Å². The van der Waals surface area contributed by atoms with Gasteiger partial charge in [-0.15, -0.1) is 0 Å². The molecule has 0 aliphatic heterocycles. The highest BCUT2D eigenvalue weighted by Gasteiger charge is 2.20. The second-order valence-electron chi connectivity index (χ2n) is 7.20. The van der Waals surface area contributed by atoms with Gasteiger partial charge >= 0.3 is 0 Å². The lowest BCUT2D eigenvalue weighted by Gasteiger charge is -2.16. The van der Waals surface area contributed by atoms with Gasteiger partial charge in [-0.3, -0.25) is 9.52 Å². The van der Waals surface area contributed by atoms with Gasteiger partial charge in [0.2, 0.25) is 0 Å². The Bertz CT molecular complexity index is 1180. The molecule has 30 heavy (non-hydrogen) atoms. The molecule has 1 amide bonds. The highest BCUT2D eigenvalue weighted by atomic mass is 32.2. The van der Waals surface area contributed by atoms with Gasteiger partial charge in [-0.1, -0.05) is 30.3 Å². The summed E-state index contributed by atoms with van der Waals surface area (Å²) in [5, 5.41) is 2.81. The third-order valence-electron chi connectivity index (χ3n) is 4.73. The van der Waals surface area contributed by atoms with Crippen molar-refractivity contribution in [3.8, 4) is 0 Å². The molecule has 156 valence electrons. The van der Waals surface area contributed by atoms with Crippen LogP contribution in [0.5, 0.6) is 0 Å². The van der Waals surface area contributed by atoms with Crippen molar-refractivity contribution in [2.24, 2.45) is 0 Å². The Morgan fingerprint density at radius 2 is 1.67 bits per heavy atom. The minimum absolute atomic E-state index is 0.0334. The van der Waals surface area contributed by atoms with E-state index in [4.69, 9.17) is 0 Å². The molecular formula is C23H23FN2O3S. The predicted molar refractivity (Wildman–Crippen MR) is 115 cm³/mol. The zero-order valence-electron chi connectivity index (χ0n) is 16.9. The standard InChI is InChI=1S/C23H23FN2O3S/c1-15-5-4-6-21(13-15)26-30(28,29)22-14-19(8-7-16(22)2)23(27)25-17(3)18-9-11-20(24)12-10-18/h4-14,17,26H,1-3H3,(H,25,27)/t17-/m0/s1. The third kappa shape index (κ3) is 5.04. The van der Waals surface area contributed by atoms with Crippen LogP contribution in [0.1, 0.15) is 40.0 Å². The summed E-state index contributed by atoms with van der Waals surface area (Å²) in [5.74, 6) is -0.773. The van der Waals surface area contributed by atoms with Crippen LogP contribution >= 0.6 is 0 Å². The van der Waals surface area contributed by atoms with Crippen molar-refractivity contribution in [3.63, 3.8) is 0 Å². The molecule has 3 aromatic rings. The fourth-order valence-electron chi connectivity index (χ4n) is 3.06. The first-order valence-electron chi connectivity index (χ1n) is 9.42.